The van der Waals surface area contributed by atoms with Crippen molar-refractivity contribution in [2.75, 3.05) is 31.3 Å². The minimum atomic E-state index is -3.87. The fourth-order valence-electron chi connectivity index (χ4n) is 3.41. The van der Waals surface area contributed by atoms with Crippen LogP contribution in [0.5, 0.6) is 11.5 Å². The second kappa shape index (κ2) is 11.8. The van der Waals surface area contributed by atoms with Gasteiger partial charge in [0.1, 0.15) is 24.1 Å². The van der Waals surface area contributed by atoms with Crippen molar-refractivity contribution in [3.8, 4) is 11.5 Å². The Labute approximate surface area is 218 Å². The quantitative estimate of drug-likeness (QED) is 0.496. The summed E-state index contributed by atoms with van der Waals surface area (Å²) >= 11 is 6.20. The molecule has 198 valence electrons. The molecule has 1 atom stereocenters. The highest BCUT2D eigenvalue weighted by atomic mass is 35.5. The van der Waals surface area contributed by atoms with Gasteiger partial charge < -0.3 is 19.7 Å². The van der Waals surface area contributed by atoms with E-state index in [9.17, 15) is 18.0 Å². The van der Waals surface area contributed by atoms with Gasteiger partial charge in [-0.15, -0.1) is 0 Å². The van der Waals surface area contributed by atoms with Crippen LogP contribution in [0.25, 0.3) is 0 Å². The third-order valence-corrected chi connectivity index (χ3v) is 6.72. The molecule has 2 rings (SSSR count). The van der Waals surface area contributed by atoms with E-state index in [1.54, 1.807) is 38.3 Å². The van der Waals surface area contributed by atoms with Crippen LogP contribution in [0.15, 0.2) is 42.5 Å². The lowest BCUT2D eigenvalue weighted by Gasteiger charge is -2.33. The molecule has 1 unspecified atom stereocenters. The number of carbonyl (C=O) groups is 2. The highest BCUT2D eigenvalue weighted by molar-refractivity contribution is 7.92. The van der Waals surface area contributed by atoms with Gasteiger partial charge >= 0.3 is 0 Å². The molecule has 0 bridgehead atoms. The van der Waals surface area contributed by atoms with Crippen molar-refractivity contribution in [3.63, 3.8) is 0 Å². The molecule has 0 aromatic heterocycles. The molecule has 11 heteroatoms. The van der Waals surface area contributed by atoms with Crippen molar-refractivity contribution in [2.24, 2.45) is 0 Å². The van der Waals surface area contributed by atoms with E-state index in [0.29, 0.717) is 11.5 Å². The Morgan fingerprint density at radius 1 is 1.06 bits per heavy atom. The zero-order chi connectivity index (χ0) is 27.3. The van der Waals surface area contributed by atoms with Gasteiger partial charge in [-0.1, -0.05) is 23.7 Å². The van der Waals surface area contributed by atoms with Crippen molar-refractivity contribution in [1.82, 2.24) is 10.2 Å². The van der Waals surface area contributed by atoms with Crippen LogP contribution in [0, 0.1) is 0 Å². The summed E-state index contributed by atoms with van der Waals surface area (Å²) < 4.78 is 36.6. The molecule has 0 spiro atoms. The zero-order valence-corrected chi connectivity index (χ0v) is 23.2. The van der Waals surface area contributed by atoms with Gasteiger partial charge in [0.25, 0.3) is 0 Å². The Bertz CT molecular complexity index is 1180. The molecule has 9 nitrogen and oxygen atoms in total. The molecule has 0 saturated heterocycles. The predicted molar refractivity (Wildman–Crippen MR) is 141 cm³/mol. The van der Waals surface area contributed by atoms with Gasteiger partial charge in [0.15, 0.2) is 0 Å². The number of amides is 2. The van der Waals surface area contributed by atoms with Gasteiger partial charge in [-0.2, -0.15) is 0 Å². The van der Waals surface area contributed by atoms with Crippen LogP contribution in [0.4, 0.5) is 5.69 Å². The van der Waals surface area contributed by atoms with Crippen LogP contribution in [0.1, 0.15) is 33.3 Å². The smallest absolute Gasteiger partial charge is 0.244 e. The molecule has 0 heterocycles. The summed E-state index contributed by atoms with van der Waals surface area (Å²) in [4.78, 5) is 27.9. The summed E-state index contributed by atoms with van der Waals surface area (Å²) in [5, 5.41) is 3.08. The summed E-state index contributed by atoms with van der Waals surface area (Å²) in [5.41, 5.74) is 0.435. The first kappa shape index (κ1) is 29.3. The molecule has 0 aliphatic carbocycles. The Morgan fingerprint density at radius 2 is 1.67 bits per heavy atom. The van der Waals surface area contributed by atoms with E-state index in [4.69, 9.17) is 21.1 Å². The number of hydrogen-bond donors (Lipinski definition) is 1. The highest BCUT2D eigenvalue weighted by Gasteiger charge is 2.31. The number of nitrogens with zero attached hydrogens (tertiary/aromatic N) is 2. The van der Waals surface area contributed by atoms with E-state index in [1.807, 2.05) is 20.8 Å². The van der Waals surface area contributed by atoms with Crippen molar-refractivity contribution >= 4 is 39.1 Å². The van der Waals surface area contributed by atoms with E-state index in [1.165, 1.54) is 30.2 Å². The molecule has 0 radical (unpaired) electrons. The Morgan fingerprint density at radius 3 is 2.14 bits per heavy atom. The summed E-state index contributed by atoms with van der Waals surface area (Å²) in [6.45, 7) is 6.69. The first-order valence-electron chi connectivity index (χ1n) is 11.2. The van der Waals surface area contributed by atoms with Crippen molar-refractivity contribution in [2.45, 2.75) is 45.8 Å². The average Bonchev–Trinajstić information content (AvgIpc) is 2.78. The first-order valence-corrected chi connectivity index (χ1v) is 13.4. The number of hydrogen-bond acceptors (Lipinski definition) is 6. The average molecular weight is 540 g/mol. The third kappa shape index (κ3) is 8.03. The van der Waals surface area contributed by atoms with Gasteiger partial charge in [-0.25, -0.2) is 8.42 Å². The number of halogens is 1. The third-order valence-electron chi connectivity index (χ3n) is 5.28. The van der Waals surface area contributed by atoms with E-state index in [2.05, 4.69) is 5.32 Å². The van der Waals surface area contributed by atoms with E-state index in [-0.39, 0.29) is 23.2 Å². The Hall–Kier alpha value is -2.98. The number of benzene rings is 2. The Balaban J connectivity index is 2.42. The van der Waals surface area contributed by atoms with Crippen LogP contribution in [0.2, 0.25) is 5.02 Å². The number of rotatable bonds is 10. The lowest BCUT2D eigenvalue weighted by atomic mass is 10.1. The van der Waals surface area contributed by atoms with Gasteiger partial charge in [-0.05, 0) is 63.6 Å². The SMILES string of the molecule is COc1ccc(CN(C(=O)CN(c2ccc(OC)c(Cl)c2)S(C)(=O)=O)C(C)C(=O)NC(C)(C)C)cc1. The number of ether oxygens (including phenoxy) is 2. The number of sulfonamides is 1. The van der Waals surface area contributed by atoms with Gasteiger partial charge in [-0.3, -0.25) is 13.9 Å². The first-order chi connectivity index (χ1) is 16.7. The molecule has 0 saturated carbocycles. The number of methoxy groups -OCH3 is 2. The van der Waals surface area contributed by atoms with Gasteiger partial charge in [0, 0.05) is 12.1 Å². The van der Waals surface area contributed by atoms with Gasteiger partial charge in [0.05, 0.1) is 31.2 Å². The molecule has 1 N–H and O–H groups in total. The zero-order valence-electron chi connectivity index (χ0n) is 21.7. The second-order valence-corrected chi connectivity index (χ2v) is 11.7. The summed E-state index contributed by atoms with van der Waals surface area (Å²) in [6, 6.07) is 10.6. The number of anilines is 1. The maximum Gasteiger partial charge on any atom is 0.244 e. The second-order valence-electron chi connectivity index (χ2n) is 9.37. The molecule has 2 aromatic carbocycles. The van der Waals surface area contributed by atoms with E-state index in [0.717, 1.165) is 16.1 Å². The van der Waals surface area contributed by atoms with Crippen molar-refractivity contribution < 1.29 is 27.5 Å². The predicted octanol–water partition coefficient (Wildman–Crippen LogP) is 3.46. The maximum absolute atomic E-state index is 13.6. The van der Waals surface area contributed by atoms with Gasteiger partial charge in [0.2, 0.25) is 21.8 Å². The largest absolute Gasteiger partial charge is 0.497 e. The standard InChI is InChI=1S/C25H34ClN3O6S/c1-17(24(31)27-25(2,3)4)28(15-18-8-11-20(34-5)12-9-18)23(30)16-29(36(7,32)33)19-10-13-22(35-6)21(26)14-19/h8-14,17H,15-16H2,1-7H3,(H,27,31). The van der Waals surface area contributed by atoms with Crippen LogP contribution < -0.4 is 19.1 Å². The lowest BCUT2D eigenvalue weighted by molar-refractivity contribution is -0.140. The van der Waals surface area contributed by atoms with Crippen LogP contribution >= 0.6 is 11.6 Å². The number of nitrogens with one attached hydrogen (secondary N) is 1. The minimum absolute atomic E-state index is 0.0858. The summed E-state index contributed by atoms with van der Waals surface area (Å²) in [5.74, 6) is 0.103. The highest BCUT2D eigenvalue weighted by Crippen LogP contribution is 2.30. The molecule has 0 fully saturated rings. The maximum atomic E-state index is 13.6. The van der Waals surface area contributed by atoms with Crippen molar-refractivity contribution in [3.05, 3.63) is 53.1 Å². The van der Waals surface area contributed by atoms with Crippen molar-refractivity contribution in [1.29, 1.82) is 0 Å². The summed E-state index contributed by atoms with van der Waals surface area (Å²) in [6.07, 6.45) is 1.00. The molecule has 0 aliphatic rings. The van der Waals surface area contributed by atoms with E-state index >= 15 is 0 Å². The molecular formula is C25H34ClN3O6S. The monoisotopic (exact) mass is 539 g/mol. The summed E-state index contributed by atoms with van der Waals surface area (Å²) in [7, 11) is -0.875. The normalized spacial score (nSPS) is 12.4. The molecule has 36 heavy (non-hydrogen) atoms. The fourth-order valence-corrected chi connectivity index (χ4v) is 4.50. The van der Waals surface area contributed by atoms with Crippen LogP contribution in [-0.4, -0.2) is 63.7 Å². The topological polar surface area (TPSA) is 105 Å². The van der Waals surface area contributed by atoms with E-state index < -0.39 is 34.1 Å². The van der Waals surface area contributed by atoms with Crippen LogP contribution in [0.3, 0.4) is 0 Å². The fraction of sp³-hybridized carbons (Fsp3) is 0.440. The molecular weight excluding hydrogens is 506 g/mol. The molecule has 2 aromatic rings. The number of carbonyl (C=O) groups excluding carboxylic acids is 2. The molecule has 0 aliphatic heterocycles. The lowest BCUT2D eigenvalue weighted by Crippen LogP contribution is -2.54. The molecule has 2 amide bonds. The minimum Gasteiger partial charge on any atom is -0.497 e. The Kier molecular flexibility index (Phi) is 9.62. The van der Waals surface area contributed by atoms with Crippen LogP contribution in [-0.2, 0) is 26.2 Å².